The van der Waals surface area contributed by atoms with Crippen LogP contribution in [0.2, 0.25) is 0 Å². The van der Waals surface area contributed by atoms with E-state index in [1.807, 2.05) is 0 Å². The molecule has 50 heavy (non-hydrogen) atoms. The van der Waals surface area contributed by atoms with Gasteiger partial charge in [0, 0.05) is 7.26 Å². The number of rotatable bonds is 38. The molecule has 0 aromatic carbocycles. The summed E-state index contributed by atoms with van der Waals surface area (Å²) in [6.07, 6.45) is 57.2. The van der Waals surface area contributed by atoms with Gasteiger partial charge in [0.05, 0.1) is 24.6 Å². The summed E-state index contributed by atoms with van der Waals surface area (Å²) in [6, 6.07) is 0. The Labute approximate surface area is 310 Å². The van der Waals surface area contributed by atoms with Crippen LogP contribution in [0, 0.1) is 0 Å². The third kappa shape index (κ3) is 50.5. The molecule has 0 nitrogen and oxygen atoms in total. The Morgan fingerprint density at radius 1 is 0.240 bits per heavy atom. The van der Waals surface area contributed by atoms with Crippen molar-refractivity contribution in [2.75, 3.05) is 24.6 Å². The van der Waals surface area contributed by atoms with Crippen molar-refractivity contribution >= 4 is 15.1 Å². The van der Waals surface area contributed by atoms with E-state index in [-0.39, 0.29) is 0 Å². The molecule has 0 rings (SSSR count). The predicted octanol–water partition coefficient (Wildman–Crippen LogP) is 19.7. The van der Waals surface area contributed by atoms with E-state index in [1.54, 1.807) is 50.3 Å². The van der Waals surface area contributed by atoms with Gasteiger partial charge in [-0.05, 0) is 51.4 Å². The van der Waals surface area contributed by atoms with Gasteiger partial charge >= 0.3 is 33.0 Å². The van der Waals surface area contributed by atoms with Gasteiger partial charge < -0.3 is 0 Å². The molecule has 308 valence electrons. The van der Waals surface area contributed by atoms with E-state index in [0.29, 0.717) is 0 Å². The predicted molar refractivity (Wildman–Crippen MR) is 220 cm³/mol. The Morgan fingerprint density at radius 3 is 0.500 bits per heavy atom. The molecule has 0 aromatic heterocycles. The minimum atomic E-state index is -10.7. The van der Waals surface area contributed by atoms with Crippen LogP contribution >= 0.6 is 15.1 Å². The summed E-state index contributed by atoms with van der Waals surface area (Å²) in [4.78, 5) is 0. The molecule has 0 radical (unpaired) electrons. The molecule has 0 amide bonds. The van der Waals surface area contributed by atoms with Gasteiger partial charge in [0.2, 0.25) is 0 Å². The zero-order valence-corrected chi connectivity index (χ0v) is 35.8. The fourth-order valence-electron chi connectivity index (χ4n) is 7.35. The molecule has 0 saturated heterocycles. The fourth-order valence-corrected chi connectivity index (χ4v) is 12.3. The van der Waals surface area contributed by atoms with Gasteiger partial charge in [-0.15, -0.1) is 0 Å². The molecule has 0 aromatic rings. The summed E-state index contributed by atoms with van der Waals surface area (Å²) in [5.74, 6) is 0. The van der Waals surface area contributed by atoms with Gasteiger partial charge in [0.1, 0.15) is 0 Å². The normalized spacial score (nSPS) is 13.6. The van der Waals surface area contributed by atoms with Crippen molar-refractivity contribution in [2.24, 2.45) is 0 Å². The Balaban J connectivity index is 0. The molecule has 0 heterocycles. The Hall–Kier alpha value is 0.440. The van der Waals surface area contributed by atoms with Crippen LogP contribution in [0.5, 0.6) is 0 Å². The summed E-state index contributed by atoms with van der Waals surface area (Å²) in [5, 5.41) is 0. The third-order valence-corrected chi connectivity index (χ3v) is 15.5. The van der Waals surface area contributed by atoms with Crippen LogP contribution < -0.4 is 0 Å². The molecule has 0 spiro atoms. The molecule has 0 aliphatic heterocycles. The number of unbranched alkanes of at least 4 members (excludes halogenated alkanes) is 30. The number of hydrogen-bond acceptors (Lipinski definition) is 0. The maximum atomic E-state index is 9.87. The first-order valence-corrected chi connectivity index (χ1v) is 26.7. The summed E-state index contributed by atoms with van der Waals surface area (Å²) in [6.45, 7) is 9.39. The van der Waals surface area contributed by atoms with Crippen LogP contribution in [0.25, 0.3) is 0 Å². The standard InChI is InChI=1S/C42H88P.F6P/c1-5-9-13-17-21-22-23-24-25-26-27-28-29-30-34-38-42-43(39-35-31-18-14-10-6-2,40-36-32-19-15-11-7-3)41-37-33-20-16-12-8-4;1-7(2,3,4,5)6/h5-42H2,1-4H3;/q+1;-1. The Kier molecular flexibility index (Phi) is 34.5. The van der Waals surface area contributed by atoms with E-state index in [4.69, 9.17) is 0 Å². The zero-order chi connectivity index (χ0) is 37.8. The minimum absolute atomic E-state index is 0.751. The van der Waals surface area contributed by atoms with Crippen molar-refractivity contribution in [1.82, 2.24) is 0 Å². The van der Waals surface area contributed by atoms with Crippen molar-refractivity contribution < 1.29 is 25.2 Å². The molecule has 0 aliphatic carbocycles. The molecule has 0 N–H and O–H groups in total. The average Bonchev–Trinajstić information content (AvgIpc) is 3.04. The molecular weight excluding hydrogens is 680 g/mol. The quantitative estimate of drug-likeness (QED) is 0.0333. The van der Waals surface area contributed by atoms with Crippen molar-refractivity contribution in [3.05, 3.63) is 0 Å². The first-order chi connectivity index (χ1) is 23.7. The van der Waals surface area contributed by atoms with E-state index < -0.39 is 15.1 Å². The van der Waals surface area contributed by atoms with Crippen molar-refractivity contribution in [3.8, 4) is 0 Å². The second-order valence-corrected chi connectivity index (χ2v) is 22.2. The van der Waals surface area contributed by atoms with Crippen LogP contribution in [0.1, 0.15) is 246 Å². The fraction of sp³-hybridized carbons (Fsp3) is 1.00. The molecule has 0 fully saturated rings. The van der Waals surface area contributed by atoms with Crippen LogP contribution in [0.3, 0.4) is 0 Å². The monoisotopic (exact) mass is 769 g/mol. The molecule has 0 unspecified atom stereocenters. The molecule has 8 heteroatoms. The second kappa shape index (κ2) is 32.8. The van der Waals surface area contributed by atoms with Crippen LogP contribution in [-0.4, -0.2) is 24.6 Å². The molecule has 0 saturated carbocycles. The first-order valence-electron chi connectivity index (χ1n) is 22.1. The zero-order valence-electron chi connectivity index (χ0n) is 34.0. The van der Waals surface area contributed by atoms with Crippen LogP contribution in [-0.2, 0) is 0 Å². The number of hydrogen-bond donors (Lipinski definition) is 0. The van der Waals surface area contributed by atoms with Gasteiger partial charge in [-0.3, -0.25) is 0 Å². The molecular formula is C42H88F6P2. The van der Waals surface area contributed by atoms with E-state index in [9.17, 15) is 25.2 Å². The van der Waals surface area contributed by atoms with Crippen LogP contribution in [0.15, 0.2) is 0 Å². The van der Waals surface area contributed by atoms with E-state index >= 15 is 0 Å². The van der Waals surface area contributed by atoms with E-state index in [0.717, 1.165) is 0 Å². The average molecular weight is 769 g/mol. The second-order valence-electron chi connectivity index (χ2n) is 15.8. The molecule has 0 atom stereocenters. The van der Waals surface area contributed by atoms with Gasteiger partial charge in [0.25, 0.3) is 0 Å². The summed E-state index contributed by atoms with van der Waals surface area (Å²) >= 11 is 0. The van der Waals surface area contributed by atoms with Gasteiger partial charge in [-0.2, -0.15) is 0 Å². The summed E-state index contributed by atoms with van der Waals surface area (Å²) in [7, 11) is -11.4. The SMILES string of the molecule is CCCCCCCCCCCCCCCCCC[P+](CCCCCCCC)(CCCCCCCC)CCCCCCCC.F[P-](F)(F)(F)(F)F. The van der Waals surface area contributed by atoms with Crippen molar-refractivity contribution in [1.29, 1.82) is 0 Å². The van der Waals surface area contributed by atoms with Gasteiger partial charge in [0.15, 0.2) is 0 Å². The maximum absolute atomic E-state index is 10.7. The van der Waals surface area contributed by atoms with E-state index in [2.05, 4.69) is 27.7 Å². The topological polar surface area (TPSA) is 0 Å². The van der Waals surface area contributed by atoms with E-state index in [1.165, 1.54) is 193 Å². The van der Waals surface area contributed by atoms with Gasteiger partial charge in [-0.1, -0.05) is 195 Å². The van der Waals surface area contributed by atoms with Crippen molar-refractivity contribution in [2.45, 2.75) is 246 Å². The third-order valence-electron chi connectivity index (χ3n) is 10.4. The van der Waals surface area contributed by atoms with Crippen molar-refractivity contribution in [3.63, 3.8) is 0 Å². The number of halogens is 6. The first kappa shape index (κ1) is 52.5. The summed E-state index contributed by atoms with van der Waals surface area (Å²) < 4.78 is 59.2. The Morgan fingerprint density at radius 2 is 0.360 bits per heavy atom. The summed E-state index contributed by atoms with van der Waals surface area (Å²) in [5.41, 5.74) is 0. The van der Waals surface area contributed by atoms with Crippen LogP contribution in [0.4, 0.5) is 25.2 Å². The van der Waals surface area contributed by atoms with Gasteiger partial charge in [-0.25, -0.2) is 0 Å². The molecule has 0 bridgehead atoms. The Bertz CT molecular complexity index is 631. The molecule has 0 aliphatic rings.